The molecule has 1 fully saturated rings. The van der Waals surface area contributed by atoms with E-state index in [1.165, 1.54) is 12.8 Å². The van der Waals surface area contributed by atoms with Crippen LogP contribution in [0.25, 0.3) is 11.5 Å². The summed E-state index contributed by atoms with van der Waals surface area (Å²) in [6.07, 6.45) is 5.69. The van der Waals surface area contributed by atoms with Crippen LogP contribution in [0.1, 0.15) is 30.2 Å². The van der Waals surface area contributed by atoms with Gasteiger partial charge in [0.1, 0.15) is 11.5 Å². The fraction of sp³-hybridized carbons (Fsp3) is 0.222. The zero-order chi connectivity index (χ0) is 18.1. The first-order valence-corrected chi connectivity index (χ1v) is 8.72. The third-order valence-electron chi connectivity index (χ3n) is 4.27. The van der Waals surface area contributed by atoms with Crippen molar-refractivity contribution in [3.63, 3.8) is 0 Å². The highest BCUT2D eigenvalue weighted by Crippen LogP contribution is 2.39. The van der Waals surface area contributed by atoms with Gasteiger partial charge in [-0.1, -0.05) is 5.16 Å². The van der Waals surface area contributed by atoms with E-state index < -0.39 is 0 Å². The van der Waals surface area contributed by atoms with E-state index in [0.29, 0.717) is 30.0 Å². The van der Waals surface area contributed by atoms with Crippen molar-refractivity contribution in [2.24, 2.45) is 0 Å². The van der Waals surface area contributed by atoms with Gasteiger partial charge >= 0.3 is 0 Å². The van der Waals surface area contributed by atoms with E-state index in [2.05, 4.69) is 36.0 Å². The third-order valence-corrected chi connectivity index (χ3v) is 4.27. The number of rotatable bonds is 7. The number of hydrogen-bond acceptors (Lipinski definition) is 8. The second-order valence-electron chi connectivity index (χ2n) is 6.38. The van der Waals surface area contributed by atoms with Crippen LogP contribution in [0.15, 0.2) is 51.7 Å². The highest BCUT2D eigenvalue weighted by Gasteiger charge is 2.26. The molecule has 0 spiro atoms. The fourth-order valence-corrected chi connectivity index (χ4v) is 2.74. The summed E-state index contributed by atoms with van der Waals surface area (Å²) in [5.41, 5.74) is 1.82. The predicted octanol–water partition coefficient (Wildman–Crippen LogP) is 3.68. The smallest absolute Gasteiger partial charge is 0.224 e. The molecular weight excluding hydrogens is 346 g/mol. The van der Waals surface area contributed by atoms with E-state index in [-0.39, 0.29) is 0 Å². The largest absolute Gasteiger partial charge is 0.463 e. The van der Waals surface area contributed by atoms with Crippen LogP contribution in [0.3, 0.4) is 0 Å². The maximum absolute atomic E-state index is 5.35. The summed E-state index contributed by atoms with van der Waals surface area (Å²) in [5.74, 6) is 3.82. The standard InChI is InChI=1S/C18H17N7O2/c1-2-15(26-7-1)14-9-17(24-23-14)21-16-5-6-19-18(22-16)20-10-12-8-13(25-27-12)11-3-4-11/h1-2,5-9,11H,3-4,10H2,(H3,19,20,21,22,23,24). The van der Waals surface area contributed by atoms with Crippen molar-refractivity contribution >= 4 is 17.6 Å². The summed E-state index contributed by atoms with van der Waals surface area (Å²) in [6, 6.07) is 9.30. The van der Waals surface area contributed by atoms with Crippen LogP contribution >= 0.6 is 0 Å². The maximum Gasteiger partial charge on any atom is 0.224 e. The Labute approximate surface area is 154 Å². The Morgan fingerprint density at radius 3 is 3.00 bits per heavy atom. The van der Waals surface area contributed by atoms with Crippen LogP contribution in [0.2, 0.25) is 0 Å². The lowest BCUT2D eigenvalue weighted by Gasteiger charge is -2.05. The van der Waals surface area contributed by atoms with Gasteiger partial charge in [-0.2, -0.15) is 10.1 Å². The molecule has 0 radical (unpaired) electrons. The number of aromatic nitrogens is 5. The molecule has 0 amide bonds. The third kappa shape index (κ3) is 3.52. The lowest BCUT2D eigenvalue weighted by atomic mass is 10.3. The maximum atomic E-state index is 5.35. The molecular formula is C18H17N7O2. The van der Waals surface area contributed by atoms with Crippen LogP contribution in [-0.2, 0) is 6.54 Å². The van der Waals surface area contributed by atoms with Crippen LogP contribution in [0, 0.1) is 0 Å². The van der Waals surface area contributed by atoms with Crippen molar-refractivity contribution in [2.75, 3.05) is 10.6 Å². The van der Waals surface area contributed by atoms with Crippen molar-refractivity contribution in [3.8, 4) is 11.5 Å². The fourth-order valence-electron chi connectivity index (χ4n) is 2.74. The van der Waals surface area contributed by atoms with E-state index in [1.54, 1.807) is 18.5 Å². The normalized spacial score (nSPS) is 13.6. The number of anilines is 3. The second-order valence-corrected chi connectivity index (χ2v) is 6.38. The Balaban J connectivity index is 1.23. The first-order valence-electron chi connectivity index (χ1n) is 8.72. The minimum absolute atomic E-state index is 0.480. The number of furan rings is 1. The highest BCUT2D eigenvalue weighted by atomic mass is 16.5. The summed E-state index contributed by atoms with van der Waals surface area (Å²) in [7, 11) is 0. The van der Waals surface area contributed by atoms with Crippen LogP contribution in [0.4, 0.5) is 17.6 Å². The Bertz CT molecular complexity index is 1030. The zero-order valence-corrected chi connectivity index (χ0v) is 14.3. The van der Waals surface area contributed by atoms with Gasteiger partial charge in [0.25, 0.3) is 0 Å². The van der Waals surface area contributed by atoms with Crippen molar-refractivity contribution < 1.29 is 8.94 Å². The van der Waals surface area contributed by atoms with Gasteiger partial charge in [0.05, 0.1) is 18.5 Å². The van der Waals surface area contributed by atoms with Gasteiger partial charge < -0.3 is 19.6 Å². The van der Waals surface area contributed by atoms with Crippen LogP contribution in [0.5, 0.6) is 0 Å². The summed E-state index contributed by atoms with van der Waals surface area (Å²) in [6.45, 7) is 0.480. The molecule has 0 unspecified atom stereocenters. The number of aromatic amines is 1. The van der Waals surface area contributed by atoms with E-state index in [0.717, 1.165) is 22.9 Å². The van der Waals surface area contributed by atoms with Crippen LogP contribution < -0.4 is 10.6 Å². The molecule has 1 aliphatic carbocycles. The van der Waals surface area contributed by atoms with Crippen molar-refractivity contribution in [1.29, 1.82) is 0 Å². The first-order chi connectivity index (χ1) is 13.3. The van der Waals surface area contributed by atoms with Gasteiger partial charge in [-0.05, 0) is 31.0 Å². The van der Waals surface area contributed by atoms with Gasteiger partial charge in [0.2, 0.25) is 5.95 Å². The van der Waals surface area contributed by atoms with E-state index in [1.807, 2.05) is 24.3 Å². The topological polar surface area (TPSA) is 118 Å². The second kappa shape index (κ2) is 6.60. The zero-order valence-electron chi connectivity index (χ0n) is 14.3. The van der Waals surface area contributed by atoms with Gasteiger partial charge in [-0.25, -0.2) is 4.98 Å². The molecule has 0 atom stereocenters. The number of H-pyrrole nitrogens is 1. The van der Waals surface area contributed by atoms with Gasteiger partial charge in [-0.3, -0.25) is 5.10 Å². The minimum atomic E-state index is 0.480. The lowest BCUT2D eigenvalue weighted by molar-refractivity contribution is 0.381. The van der Waals surface area contributed by atoms with Crippen molar-refractivity contribution in [2.45, 2.75) is 25.3 Å². The Hall–Kier alpha value is -3.62. The molecule has 9 nitrogen and oxygen atoms in total. The van der Waals surface area contributed by atoms with Gasteiger partial charge in [0, 0.05) is 24.2 Å². The molecule has 0 aromatic carbocycles. The molecule has 136 valence electrons. The molecule has 5 rings (SSSR count). The highest BCUT2D eigenvalue weighted by molar-refractivity contribution is 5.61. The Morgan fingerprint density at radius 2 is 2.15 bits per heavy atom. The molecule has 0 saturated heterocycles. The summed E-state index contributed by atoms with van der Waals surface area (Å²) < 4.78 is 10.7. The average molecular weight is 363 g/mol. The Morgan fingerprint density at radius 1 is 1.19 bits per heavy atom. The van der Waals surface area contributed by atoms with E-state index in [4.69, 9.17) is 8.94 Å². The molecule has 4 heterocycles. The molecule has 27 heavy (non-hydrogen) atoms. The van der Waals surface area contributed by atoms with Crippen LogP contribution in [-0.4, -0.2) is 25.3 Å². The molecule has 3 N–H and O–H groups in total. The molecule has 9 heteroatoms. The van der Waals surface area contributed by atoms with Gasteiger partial charge in [-0.15, -0.1) is 0 Å². The average Bonchev–Trinajstić information content (AvgIpc) is 3.09. The quantitative estimate of drug-likeness (QED) is 0.455. The molecule has 4 aromatic rings. The predicted molar refractivity (Wildman–Crippen MR) is 97.4 cm³/mol. The lowest BCUT2D eigenvalue weighted by Crippen LogP contribution is -2.04. The molecule has 1 saturated carbocycles. The molecule has 1 aliphatic rings. The minimum Gasteiger partial charge on any atom is -0.463 e. The number of nitrogens with zero attached hydrogens (tertiary/aromatic N) is 4. The SMILES string of the molecule is c1coc(-c2cc(Nc3ccnc(NCc4cc(C5CC5)no4)n3)n[nH]2)c1. The van der Waals surface area contributed by atoms with Crippen molar-refractivity contribution in [3.05, 3.63) is 54.2 Å². The Kier molecular flexibility index (Phi) is 3.82. The molecule has 0 bridgehead atoms. The molecule has 4 aromatic heterocycles. The monoisotopic (exact) mass is 363 g/mol. The van der Waals surface area contributed by atoms with E-state index >= 15 is 0 Å². The number of hydrogen-bond donors (Lipinski definition) is 3. The van der Waals surface area contributed by atoms with Gasteiger partial charge in [0.15, 0.2) is 17.3 Å². The van der Waals surface area contributed by atoms with E-state index in [9.17, 15) is 0 Å². The first kappa shape index (κ1) is 15.6. The summed E-state index contributed by atoms with van der Waals surface area (Å²) >= 11 is 0. The van der Waals surface area contributed by atoms with Crippen molar-refractivity contribution in [1.82, 2.24) is 25.3 Å². The summed E-state index contributed by atoms with van der Waals surface area (Å²) in [5, 5.41) is 17.5. The summed E-state index contributed by atoms with van der Waals surface area (Å²) in [4.78, 5) is 8.67. The number of nitrogens with one attached hydrogen (secondary N) is 3. The molecule has 0 aliphatic heterocycles.